The number of hydrogen-bond donors (Lipinski definition) is 1. The number of Topliss-reactive ketones (excluding diaryl/α,β-unsaturated/α-hetero) is 1. The number of hydrogen-bond acceptors (Lipinski definition) is 5. The van der Waals surface area contributed by atoms with Gasteiger partial charge >= 0.3 is 0 Å². The highest BCUT2D eigenvalue weighted by atomic mass is 16.5. The Hall–Kier alpha value is -2.74. The van der Waals surface area contributed by atoms with Crippen LogP contribution in [0.25, 0.3) is 0 Å². The molecule has 5 nitrogen and oxygen atoms in total. The molecule has 1 aliphatic rings. The van der Waals surface area contributed by atoms with Crippen LogP contribution in [0.3, 0.4) is 0 Å². The van der Waals surface area contributed by atoms with Crippen molar-refractivity contribution in [3.63, 3.8) is 0 Å². The van der Waals surface area contributed by atoms with Gasteiger partial charge in [-0.05, 0) is 19.9 Å². The summed E-state index contributed by atoms with van der Waals surface area (Å²) >= 11 is 0. The van der Waals surface area contributed by atoms with Crippen LogP contribution in [0, 0.1) is 11.3 Å². The molecule has 1 heterocycles. The first-order valence-electron chi connectivity index (χ1n) is 6.43. The lowest BCUT2D eigenvalue weighted by molar-refractivity contribution is -0.114. The molecule has 0 spiro atoms. The van der Waals surface area contributed by atoms with Crippen molar-refractivity contribution >= 4 is 5.78 Å². The second kappa shape index (κ2) is 5.71. The van der Waals surface area contributed by atoms with E-state index in [1.165, 1.54) is 6.92 Å². The first-order chi connectivity index (χ1) is 10.0. The third-order valence-electron chi connectivity index (χ3n) is 3.43. The molecule has 1 unspecified atom stereocenters. The van der Waals surface area contributed by atoms with Crippen LogP contribution in [0.5, 0.6) is 5.75 Å². The van der Waals surface area contributed by atoms with Gasteiger partial charge in [-0.25, -0.2) is 0 Å². The van der Waals surface area contributed by atoms with E-state index in [2.05, 4.69) is 0 Å². The van der Waals surface area contributed by atoms with Crippen molar-refractivity contribution in [2.24, 2.45) is 5.73 Å². The van der Waals surface area contributed by atoms with Crippen molar-refractivity contribution in [3.8, 4) is 11.8 Å². The second-order valence-electron chi connectivity index (χ2n) is 4.69. The number of carbonyl (C=O) groups is 1. The van der Waals surface area contributed by atoms with Crippen LogP contribution < -0.4 is 10.5 Å². The standard InChI is InChI=1S/C16H16N2O3/c1-9(19)14-10(2)21-16(18)12(8-17)15(14)11-6-4-5-7-13(11)20-3/h4-7,15H,18H2,1-3H3. The lowest BCUT2D eigenvalue weighted by atomic mass is 9.81. The zero-order chi connectivity index (χ0) is 15.6. The lowest BCUT2D eigenvalue weighted by Gasteiger charge is -2.27. The molecule has 21 heavy (non-hydrogen) atoms. The molecule has 2 rings (SSSR count). The predicted octanol–water partition coefficient (Wildman–Crippen LogP) is 2.37. The molecule has 0 aliphatic carbocycles. The van der Waals surface area contributed by atoms with Gasteiger partial charge in [0.1, 0.15) is 23.2 Å². The lowest BCUT2D eigenvalue weighted by Crippen LogP contribution is -2.23. The van der Waals surface area contributed by atoms with Gasteiger partial charge in [-0.1, -0.05) is 18.2 Å². The number of benzene rings is 1. The van der Waals surface area contributed by atoms with Crippen molar-refractivity contribution in [1.29, 1.82) is 5.26 Å². The van der Waals surface area contributed by atoms with Crippen molar-refractivity contribution in [2.45, 2.75) is 19.8 Å². The maximum atomic E-state index is 12.0. The Morgan fingerprint density at radius 1 is 1.43 bits per heavy atom. The molecule has 2 N–H and O–H groups in total. The van der Waals surface area contributed by atoms with E-state index in [1.807, 2.05) is 24.3 Å². The van der Waals surface area contributed by atoms with Crippen molar-refractivity contribution in [1.82, 2.24) is 0 Å². The third-order valence-corrected chi connectivity index (χ3v) is 3.43. The number of ketones is 1. The van der Waals surface area contributed by atoms with Crippen LogP contribution in [-0.2, 0) is 9.53 Å². The SMILES string of the molecule is COc1ccccc1C1C(C#N)=C(N)OC(C)=C1C(C)=O. The van der Waals surface area contributed by atoms with Crippen LogP contribution in [0.2, 0.25) is 0 Å². The van der Waals surface area contributed by atoms with Gasteiger partial charge in [0.2, 0.25) is 5.88 Å². The molecule has 5 heteroatoms. The number of ether oxygens (including phenoxy) is 2. The minimum absolute atomic E-state index is 0.0240. The fraction of sp³-hybridized carbons (Fsp3) is 0.250. The average Bonchev–Trinajstić information content (AvgIpc) is 2.46. The van der Waals surface area contributed by atoms with Crippen LogP contribution in [0.1, 0.15) is 25.3 Å². The summed E-state index contributed by atoms with van der Waals surface area (Å²) < 4.78 is 10.7. The van der Waals surface area contributed by atoms with Gasteiger partial charge in [0.05, 0.1) is 13.0 Å². The number of methoxy groups -OCH3 is 1. The number of nitrogens with two attached hydrogens (primary N) is 1. The summed E-state index contributed by atoms with van der Waals surface area (Å²) in [5.74, 6) is 0.295. The number of allylic oxidation sites excluding steroid dienone is 3. The van der Waals surface area contributed by atoms with Gasteiger partial charge in [0, 0.05) is 11.1 Å². The van der Waals surface area contributed by atoms with Crippen LogP contribution in [-0.4, -0.2) is 12.9 Å². The van der Waals surface area contributed by atoms with Gasteiger partial charge < -0.3 is 15.2 Å². The Morgan fingerprint density at radius 3 is 2.67 bits per heavy atom. The van der Waals surface area contributed by atoms with Crippen molar-refractivity contribution < 1.29 is 14.3 Å². The maximum Gasteiger partial charge on any atom is 0.205 e. The molecule has 1 atom stereocenters. The first-order valence-corrected chi connectivity index (χ1v) is 6.43. The molecular formula is C16H16N2O3. The number of para-hydroxylation sites is 1. The molecular weight excluding hydrogens is 268 g/mol. The fourth-order valence-corrected chi connectivity index (χ4v) is 2.55. The summed E-state index contributed by atoms with van der Waals surface area (Å²) in [4.78, 5) is 12.0. The number of nitriles is 1. The van der Waals surface area contributed by atoms with Crippen LogP contribution >= 0.6 is 0 Å². The number of rotatable bonds is 3. The molecule has 1 aromatic rings. The normalized spacial score (nSPS) is 18.1. The summed E-state index contributed by atoms with van der Waals surface area (Å²) in [7, 11) is 1.54. The molecule has 0 saturated carbocycles. The van der Waals surface area contributed by atoms with Gasteiger partial charge in [0.25, 0.3) is 0 Å². The molecule has 1 aliphatic heterocycles. The summed E-state index contributed by atoms with van der Waals surface area (Å²) in [6.07, 6.45) is 0. The molecule has 0 aromatic heterocycles. The fourth-order valence-electron chi connectivity index (χ4n) is 2.55. The Balaban J connectivity index is 2.72. The molecule has 0 fully saturated rings. The topological polar surface area (TPSA) is 85.3 Å². The van der Waals surface area contributed by atoms with Gasteiger partial charge in [-0.2, -0.15) is 5.26 Å². The highest BCUT2D eigenvalue weighted by molar-refractivity contribution is 5.97. The summed E-state index contributed by atoms with van der Waals surface area (Å²) in [5.41, 5.74) is 7.16. The zero-order valence-electron chi connectivity index (χ0n) is 12.1. The molecule has 0 bridgehead atoms. The number of nitrogens with zero attached hydrogens (tertiary/aromatic N) is 1. The first kappa shape index (κ1) is 14.7. The Kier molecular flexibility index (Phi) is 3.99. The highest BCUT2D eigenvalue weighted by Gasteiger charge is 2.35. The van der Waals surface area contributed by atoms with E-state index < -0.39 is 5.92 Å². The van der Waals surface area contributed by atoms with E-state index >= 15 is 0 Å². The third kappa shape index (κ3) is 2.48. The Morgan fingerprint density at radius 2 is 2.10 bits per heavy atom. The summed E-state index contributed by atoms with van der Waals surface area (Å²) in [6.45, 7) is 3.11. The van der Waals surface area contributed by atoms with E-state index in [4.69, 9.17) is 15.2 Å². The summed E-state index contributed by atoms with van der Waals surface area (Å²) in [5, 5.41) is 9.40. The smallest absolute Gasteiger partial charge is 0.205 e. The van der Waals surface area contributed by atoms with Crippen LogP contribution in [0.4, 0.5) is 0 Å². The van der Waals surface area contributed by atoms with Crippen molar-refractivity contribution in [3.05, 3.63) is 52.6 Å². The Bertz CT molecular complexity index is 696. The molecule has 1 aromatic carbocycles. The number of carbonyl (C=O) groups excluding carboxylic acids is 1. The molecule has 108 valence electrons. The van der Waals surface area contributed by atoms with Crippen molar-refractivity contribution in [2.75, 3.05) is 7.11 Å². The summed E-state index contributed by atoms with van der Waals surface area (Å²) in [6, 6.07) is 9.29. The van der Waals surface area contributed by atoms with E-state index in [-0.39, 0.29) is 17.2 Å². The van der Waals surface area contributed by atoms with E-state index in [0.717, 1.165) is 0 Å². The van der Waals surface area contributed by atoms with Gasteiger partial charge in [-0.15, -0.1) is 0 Å². The zero-order valence-corrected chi connectivity index (χ0v) is 12.1. The minimum atomic E-state index is -0.572. The average molecular weight is 284 g/mol. The minimum Gasteiger partial charge on any atom is -0.496 e. The molecule has 0 amide bonds. The highest BCUT2D eigenvalue weighted by Crippen LogP contribution is 2.42. The largest absolute Gasteiger partial charge is 0.496 e. The van der Waals surface area contributed by atoms with Crippen LogP contribution in [0.15, 0.2) is 47.1 Å². The Labute approximate surface area is 123 Å². The van der Waals surface area contributed by atoms with E-state index in [0.29, 0.717) is 22.6 Å². The molecule has 0 radical (unpaired) electrons. The second-order valence-corrected chi connectivity index (χ2v) is 4.69. The monoisotopic (exact) mass is 284 g/mol. The van der Waals surface area contributed by atoms with Gasteiger partial charge in [-0.3, -0.25) is 4.79 Å². The quantitative estimate of drug-likeness (QED) is 0.921. The predicted molar refractivity (Wildman–Crippen MR) is 77.0 cm³/mol. The van der Waals surface area contributed by atoms with E-state index in [1.54, 1.807) is 20.1 Å². The maximum absolute atomic E-state index is 12.0. The molecule has 0 saturated heterocycles. The van der Waals surface area contributed by atoms with Gasteiger partial charge in [0.15, 0.2) is 5.78 Å². The van der Waals surface area contributed by atoms with E-state index in [9.17, 15) is 10.1 Å².